The normalized spacial score (nSPS) is 31.2. The maximum Gasteiger partial charge on any atom is 0.0810 e. The van der Waals surface area contributed by atoms with Crippen molar-refractivity contribution in [3.8, 4) is 0 Å². The molecule has 0 aromatic heterocycles. The van der Waals surface area contributed by atoms with Crippen LogP contribution in [-0.4, -0.2) is 23.9 Å². The monoisotopic (exact) mass is 146 g/mol. The van der Waals surface area contributed by atoms with E-state index in [4.69, 9.17) is 9.84 Å². The first-order valence-corrected chi connectivity index (χ1v) is 4.09. The Morgan fingerprint density at radius 2 is 2.00 bits per heavy atom. The van der Waals surface area contributed by atoms with Crippen molar-refractivity contribution in [1.29, 1.82) is 0 Å². The van der Waals surface area contributed by atoms with E-state index < -0.39 is 0 Å². The summed E-state index contributed by atoms with van der Waals surface area (Å²) >= 11 is 0. The lowest BCUT2D eigenvalue weighted by atomic mass is 10.2. The van der Waals surface area contributed by atoms with Crippen molar-refractivity contribution >= 4 is 0 Å². The van der Waals surface area contributed by atoms with Crippen LogP contribution in [0.5, 0.6) is 0 Å². The average molecular weight is 146 g/mol. The highest BCUT2D eigenvalue weighted by molar-refractivity contribution is 4.68. The fraction of sp³-hybridized carbons (Fsp3) is 1.00. The quantitative estimate of drug-likeness (QED) is 0.608. The van der Waals surface area contributed by atoms with Gasteiger partial charge in [0.1, 0.15) is 0 Å². The SMILES string of the molecule is CC.CC1CCC(CO)O1. The molecular formula is C8H18O2. The molecule has 0 aromatic carbocycles. The van der Waals surface area contributed by atoms with E-state index >= 15 is 0 Å². The molecule has 62 valence electrons. The van der Waals surface area contributed by atoms with Gasteiger partial charge in [-0.1, -0.05) is 13.8 Å². The summed E-state index contributed by atoms with van der Waals surface area (Å²) < 4.78 is 5.26. The van der Waals surface area contributed by atoms with Gasteiger partial charge >= 0.3 is 0 Å². The van der Waals surface area contributed by atoms with Crippen LogP contribution in [-0.2, 0) is 4.74 Å². The number of hydrogen-bond donors (Lipinski definition) is 1. The van der Waals surface area contributed by atoms with E-state index in [9.17, 15) is 0 Å². The number of aliphatic hydroxyl groups excluding tert-OH is 1. The molecule has 1 saturated heterocycles. The highest BCUT2D eigenvalue weighted by Crippen LogP contribution is 2.17. The van der Waals surface area contributed by atoms with E-state index in [0.717, 1.165) is 12.8 Å². The third-order valence-electron chi connectivity index (χ3n) is 1.52. The van der Waals surface area contributed by atoms with Gasteiger partial charge in [0.15, 0.2) is 0 Å². The Balaban J connectivity index is 0.000000371. The summed E-state index contributed by atoms with van der Waals surface area (Å²) in [5, 5.41) is 8.56. The van der Waals surface area contributed by atoms with Crippen LogP contribution >= 0.6 is 0 Å². The third-order valence-corrected chi connectivity index (χ3v) is 1.52. The Morgan fingerprint density at radius 1 is 1.40 bits per heavy atom. The molecule has 0 spiro atoms. The second-order valence-corrected chi connectivity index (χ2v) is 2.33. The maximum atomic E-state index is 8.56. The Hall–Kier alpha value is -0.0800. The van der Waals surface area contributed by atoms with Gasteiger partial charge in [0.25, 0.3) is 0 Å². The van der Waals surface area contributed by atoms with Crippen LogP contribution in [0, 0.1) is 0 Å². The molecule has 1 N–H and O–H groups in total. The summed E-state index contributed by atoms with van der Waals surface area (Å²) in [6, 6.07) is 0. The summed E-state index contributed by atoms with van der Waals surface area (Å²) in [5.41, 5.74) is 0. The highest BCUT2D eigenvalue weighted by atomic mass is 16.5. The summed E-state index contributed by atoms with van der Waals surface area (Å²) in [6.07, 6.45) is 2.63. The molecule has 0 radical (unpaired) electrons. The largest absolute Gasteiger partial charge is 0.394 e. The first kappa shape index (κ1) is 9.92. The van der Waals surface area contributed by atoms with Gasteiger partial charge < -0.3 is 9.84 Å². The summed E-state index contributed by atoms with van der Waals surface area (Å²) in [5.74, 6) is 0. The molecule has 0 aliphatic carbocycles. The minimum atomic E-state index is 0.130. The van der Waals surface area contributed by atoms with E-state index in [0.29, 0.717) is 6.10 Å². The van der Waals surface area contributed by atoms with Gasteiger partial charge in [0, 0.05) is 0 Å². The fourth-order valence-electron chi connectivity index (χ4n) is 1.02. The van der Waals surface area contributed by atoms with E-state index in [-0.39, 0.29) is 12.7 Å². The lowest BCUT2D eigenvalue weighted by Gasteiger charge is -2.05. The Labute approximate surface area is 63.2 Å². The molecule has 1 heterocycles. The zero-order valence-electron chi connectivity index (χ0n) is 7.13. The predicted molar refractivity (Wildman–Crippen MR) is 42.0 cm³/mol. The van der Waals surface area contributed by atoms with Crippen molar-refractivity contribution in [2.24, 2.45) is 0 Å². The highest BCUT2D eigenvalue weighted by Gasteiger charge is 2.19. The van der Waals surface area contributed by atoms with Crippen LogP contribution in [0.3, 0.4) is 0 Å². The van der Waals surface area contributed by atoms with Crippen LogP contribution in [0.25, 0.3) is 0 Å². The second kappa shape index (κ2) is 5.69. The van der Waals surface area contributed by atoms with Gasteiger partial charge in [-0.05, 0) is 19.8 Å². The van der Waals surface area contributed by atoms with Gasteiger partial charge in [-0.2, -0.15) is 0 Å². The molecule has 2 atom stereocenters. The average Bonchev–Trinajstić information content (AvgIpc) is 2.40. The molecule has 0 saturated carbocycles. The Bertz CT molecular complexity index is 73.7. The maximum absolute atomic E-state index is 8.56. The number of ether oxygens (including phenoxy) is 1. The Morgan fingerprint density at radius 3 is 2.20 bits per heavy atom. The summed E-state index contributed by atoms with van der Waals surface area (Å²) in [4.78, 5) is 0. The van der Waals surface area contributed by atoms with Crippen molar-refractivity contribution in [1.82, 2.24) is 0 Å². The van der Waals surface area contributed by atoms with E-state index in [1.165, 1.54) is 0 Å². The molecule has 0 aromatic rings. The predicted octanol–water partition coefficient (Wildman–Crippen LogP) is 1.57. The fourth-order valence-corrected chi connectivity index (χ4v) is 1.02. The van der Waals surface area contributed by atoms with Gasteiger partial charge in [0.2, 0.25) is 0 Å². The van der Waals surface area contributed by atoms with Crippen LogP contribution in [0.4, 0.5) is 0 Å². The first-order chi connectivity index (χ1) is 4.83. The molecule has 1 rings (SSSR count). The molecule has 1 aliphatic rings. The van der Waals surface area contributed by atoms with Crippen LogP contribution in [0.1, 0.15) is 33.6 Å². The number of aliphatic hydroxyl groups is 1. The van der Waals surface area contributed by atoms with Crippen molar-refractivity contribution < 1.29 is 9.84 Å². The van der Waals surface area contributed by atoms with Gasteiger partial charge in [-0.25, -0.2) is 0 Å². The van der Waals surface area contributed by atoms with Gasteiger partial charge in [0.05, 0.1) is 18.8 Å². The second-order valence-electron chi connectivity index (χ2n) is 2.33. The first-order valence-electron chi connectivity index (χ1n) is 4.09. The number of rotatable bonds is 1. The van der Waals surface area contributed by atoms with Crippen LogP contribution in [0.2, 0.25) is 0 Å². The minimum absolute atomic E-state index is 0.130. The van der Waals surface area contributed by atoms with Crippen molar-refractivity contribution in [3.63, 3.8) is 0 Å². The van der Waals surface area contributed by atoms with Crippen LogP contribution < -0.4 is 0 Å². The molecule has 2 unspecified atom stereocenters. The zero-order valence-corrected chi connectivity index (χ0v) is 7.13. The molecular weight excluding hydrogens is 128 g/mol. The molecule has 1 fully saturated rings. The number of hydrogen-bond acceptors (Lipinski definition) is 2. The lowest BCUT2D eigenvalue weighted by molar-refractivity contribution is 0.0198. The molecule has 10 heavy (non-hydrogen) atoms. The van der Waals surface area contributed by atoms with E-state index in [1.54, 1.807) is 0 Å². The van der Waals surface area contributed by atoms with Crippen molar-refractivity contribution in [2.45, 2.75) is 45.8 Å². The molecule has 0 bridgehead atoms. The minimum Gasteiger partial charge on any atom is -0.394 e. The van der Waals surface area contributed by atoms with Gasteiger partial charge in [-0.3, -0.25) is 0 Å². The van der Waals surface area contributed by atoms with Crippen molar-refractivity contribution in [3.05, 3.63) is 0 Å². The summed E-state index contributed by atoms with van der Waals surface area (Å²) in [7, 11) is 0. The third kappa shape index (κ3) is 3.18. The molecule has 2 nitrogen and oxygen atoms in total. The molecule has 0 amide bonds. The topological polar surface area (TPSA) is 29.5 Å². The lowest BCUT2D eigenvalue weighted by Crippen LogP contribution is -2.11. The standard InChI is InChI=1S/C6H12O2.C2H6/c1-5-2-3-6(4-7)8-5;1-2/h5-7H,2-4H2,1H3;1-2H3. The van der Waals surface area contributed by atoms with Crippen molar-refractivity contribution in [2.75, 3.05) is 6.61 Å². The van der Waals surface area contributed by atoms with Crippen LogP contribution in [0.15, 0.2) is 0 Å². The Kier molecular flexibility index (Phi) is 5.64. The van der Waals surface area contributed by atoms with Gasteiger partial charge in [-0.15, -0.1) is 0 Å². The molecule has 1 aliphatic heterocycles. The smallest absolute Gasteiger partial charge is 0.0810 e. The zero-order chi connectivity index (χ0) is 7.98. The summed E-state index contributed by atoms with van der Waals surface area (Å²) in [6.45, 7) is 6.22. The van der Waals surface area contributed by atoms with E-state index in [1.807, 2.05) is 20.8 Å². The van der Waals surface area contributed by atoms with E-state index in [2.05, 4.69) is 0 Å². The molecule has 2 heteroatoms.